The van der Waals surface area contributed by atoms with E-state index in [1.807, 2.05) is 38.1 Å². The molecule has 1 aliphatic heterocycles. The lowest BCUT2D eigenvalue weighted by Crippen LogP contribution is -2.36. The Morgan fingerprint density at radius 3 is 2.67 bits per heavy atom. The van der Waals surface area contributed by atoms with Crippen LogP contribution in [-0.2, 0) is 22.6 Å². The van der Waals surface area contributed by atoms with Crippen LogP contribution in [0.5, 0.6) is 0 Å². The normalized spacial score (nSPS) is 13.4. The van der Waals surface area contributed by atoms with Crippen LogP contribution in [0, 0.1) is 6.92 Å². The summed E-state index contributed by atoms with van der Waals surface area (Å²) in [6, 6.07) is 9.72. The average Bonchev–Trinajstić information content (AvgIpc) is 3.18. The molecule has 1 aliphatic rings. The highest BCUT2D eigenvalue weighted by atomic mass is 16.5. The molecule has 0 spiro atoms. The van der Waals surface area contributed by atoms with Crippen LogP contribution < -0.4 is 5.32 Å². The lowest BCUT2D eigenvalue weighted by molar-refractivity contribution is -0.121. The van der Waals surface area contributed by atoms with E-state index >= 15 is 0 Å². The topological polar surface area (TPSA) is 96.8 Å². The maximum absolute atomic E-state index is 13.2. The molecule has 0 saturated heterocycles. The Bertz CT molecular complexity index is 970. The van der Waals surface area contributed by atoms with Crippen molar-refractivity contribution in [1.82, 2.24) is 24.9 Å². The summed E-state index contributed by atoms with van der Waals surface area (Å²) in [5.41, 5.74) is 2.91. The maximum Gasteiger partial charge on any atom is 0.274 e. The number of nitrogens with zero attached hydrogens (tertiary/aromatic N) is 4. The summed E-state index contributed by atoms with van der Waals surface area (Å²) in [4.78, 5) is 41.6. The minimum absolute atomic E-state index is 0.125. The second-order valence-corrected chi connectivity index (χ2v) is 8.18. The summed E-state index contributed by atoms with van der Waals surface area (Å²) < 4.78 is 6.55. The molecule has 3 rings (SSSR count). The van der Waals surface area contributed by atoms with Crippen molar-refractivity contribution in [3.63, 3.8) is 0 Å². The van der Waals surface area contributed by atoms with Gasteiger partial charge in [0.2, 0.25) is 5.91 Å². The summed E-state index contributed by atoms with van der Waals surface area (Å²) in [5, 5.41) is 7.18. The average molecular weight is 456 g/mol. The van der Waals surface area contributed by atoms with Crippen molar-refractivity contribution in [3.05, 3.63) is 52.8 Å². The van der Waals surface area contributed by atoms with Gasteiger partial charge in [0.05, 0.1) is 6.61 Å². The van der Waals surface area contributed by atoms with Crippen molar-refractivity contribution in [2.24, 2.45) is 0 Å². The van der Waals surface area contributed by atoms with Crippen molar-refractivity contribution in [2.75, 3.05) is 39.9 Å². The Morgan fingerprint density at radius 2 is 1.97 bits per heavy atom. The lowest BCUT2D eigenvalue weighted by atomic mass is 10.1. The minimum Gasteiger partial charge on any atom is -0.383 e. The lowest BCUT2D eigenvalue weighted by Gasteiger charge is -2.20. The molecule has 1 aromatic heterocycles. The van der Waals surface area contributed by atoms with Crippen LogP contribution in [0.2, 0.25) is 0 Å². The van der Waals surface area contributed by atoms with Gasteiger partial charge in [-0.05, 0) is 25.8 Å². The first-order valence-corrected chi connectivity index (χ1v) is 11.4. The predicted octanol–water partition coefficient (Wildman–Crippen LogP) is 1.85. The van der Waals surface area contributed by atoms with Gasteiger partial charge in [-0.25, -0.2) is 0 Å². The molecule has 2 aromatic rings. The Morgan fingerprint density at radius 1 is 1.21 bits per heavy atom. The van der Waals surface area contributed by atoms with Crippen LogP contribution in [-0.4, -0.2) is 77.2 Å². The van der Waals surface area contributed by atoms with Crippen LogP contribution in [0.4, 0.5) is 0 Å². The first-order chi connectivity index (χ1) is 15.9. The molecule has 1 aromatic carbocycles. The maximum atomic E-state index is 13.2. The van der Waals surface area contributed by atoms with Crippen LogP contribution in [0.25, 0.3) is 0 Å². The van der Waals surface area contributed by atoms with Gasteiger partial charge in [-0.3, -0.25) is 19.1 Å². The quantitative estimate of drug-likeness (QED) is 0.552. The highest BCUT2D eigenvalue weighted by molar-refractivity contribution is 5.98. The number of carbonyl (C=O) groups excluding carboxylic acids is 3. The fourth-order valence-electron chi connectivity index (χ4n) is 3.79. The highest BCUT2D eigenvalue weighted by Gasteiger charge is 2.27. The Labute approximate surface area is 194 Å². The monoisotopic (exact) mass is 455 g/mol. The third-order valence-corrected chi connectivity index (χ3v) is 5.70. The van der Waals surface area contributed by atoms with E-state index in [2.05, 4.69) is 10.4 Å². The van der Waals surface area contributed by atoms with E-state index in [9.17, 15) is 14.4 Å². The third kappa shape index (κ3) is 6.41. The molecule has 0 radical (unpaired) electrons. The number of nitrogens with one attached hydrogen (secondary N) is 1. The van der Waals surface area contributed by atoms with Crippen LogP contribution in [0.1, 0.15) is 51.9 Å². The molecule has 0 atom stereocenters. The zero-order valence-electron chi connectivity index (χ0n) is 19.7. The summed E-state index contributed by atoms with van der Waals surface area (Å²) in [7, 11) is 1.57. The number of hydrogen-bond acceptors (Lipinski definition) is 5. The van der Waals surface area contributed by atoms with Gasteiger partial charge < -0.3 is 19.9 Å². The summed E-state index contributed by atoms with van der Waals surface area (Å²) in [5.74, 6) is -0.540. The zero-order chi connectivity index (χ0) is 23.8. The van der Waals surface area contributed by atoms with Gasteiger partial charge in [-0.15, -0.1) is 0 Å². The number of hydrogen-bond donors (Lipinski definition) is 1. The second kappa shape index (κ2) is 11.6. The zero-order valence-corrected chi connectivity index (χ0v) is 19.7. The molecule has 0 aliphatic carbocycles. The summed E-state index contributed by atoms with van der Waals surface area (Å²) in [6.07, 6.45) is 0.958. The SMILES string of the molecule is CCN(CCC(=O)NCCOC)C(=O)c1cc2n(n1)CCCN(Cc1ccc(C)cc1)C2=O. The second-order valence-electron chi connectivity index (χ2n) is 8.18. The van der Waals surface area contributed by atoms with Crippen molar-refractivity contribution in [2.45, 2.75) is 39.8 Å². The molecule has 0 bridgehead atoms. The molecule has 3 amide bonds. The van der Waals surface area contributed by atoms with Gasteiger partial charge in [-0.2, -0.15) is 5.10 Å². The number of ether oxygens (including phenoxy) is 1. The van der Waals surface area contributed by atoms with E-state index < -0.39 is 0 Å². The number of carbonyl (C=O) groups is 3. The first-order valence-electron chi connectivity index (χ1n) is 11.4. The molecule has 0 saturated carbocycles. The van der Waals surface area contributed by atoms with Gasteiger partial charge in [0, 0.05) is 58.9 Å². The highest BCUT2D eigenvalue weighted by Crippen LogP contribution is 2.18. The van der Waals surface area contributed by atoms with Crippen LogP contribution >= 0.6 is 0 Å². The Balaban J connectivity index is 1.66. The number of methoxy groups -OCH3 is 1. The van der Waals surface area contributed by atoms with Gasteiger partial charge in [0.15, 0.2) is 5.69 Å². The number of fused-ring (bicyclic) bond motifs is 1. The van der Waals surface area contributed by atoms with Crippen LogP contribution in [0.3, 0.4) is 0 Å². The van der Waals surface area contributed by atoms with Crippen molar-refractivity contribution in [3.8, 4) is 0 Å². The number of amides is 3. The van der Waals surface area contributed by atoms with E-state index in [1.54, 1.807) is 27.7 Å². The van der Waals surface area contributed by atoms with Crippen molar-refractivity contribution >= 4 is 17.7 Å². The third-order valence-electron chi connectivity index (χ3n) is 5.70. The largest absolute Gasteiger partial charge is 0.383 e. The molecule has 9 heteroatoms. The molecular formula is C24H33N5O4. The molecule has 33 heavy (non-hydrogen) atoms. The molecule has 178 valence electrons. The molecular weight excluding hydrogens is 422 g/mol. The van der Waals surface area contributed by atoms with Gasteiger partial charge in [0.25, 0.3) is 11.8 Å². The molecule has 0 unspecified atom stereocenters. The molecule has 1 N–H and O–H groups in total. The number of benzene rings is 1. The Hall–Kier alpha value is -3.20. The fourth-order valence-corrected chi connectivity index (χ4v) is 3.79. The number of aromatic nitrogens is 2. The Kier molecular flexibility index (Phi) is 8.59. The van der Waals surface area contributed by atoms with E-state index in [0.29, 0.717) is 45.0 Å². The molecule has 2 heterocycles. The summed E-state index contributed by atoms with van der Waals surface area (Å²) >= 11 is 0. The van der Waals surface area contributed by atoms with Gasteiger partial charge >= 0.3 is 0 Å². The van der Waals surface area contributed by atoms with Gasteiger partial charge in [-0.1, -0.05) is 29.8 Å². The number of rotatable bonds is 10. The molecule has 0 fully saturated rings. The smallest absolute Gasteiger partial charge is 0.274 e. The van der Waals surface area contributed by atoms with E-state index in [1.165, 1.54) is 5.56 Å². The molecule has 9 nitrogen and oxygen atoms in total. The number of aryl methyl sites for hydroxylation is 2. The predicted molar refractivity (Wildman–Crippen MR) is 124 cm³/mol. The minimum atomic E-state index is -0.277. The first kappa shape index (κ1) is 24.4. The van der Waals surface area contributed by atoms with E-state index in [0.717, 1.165) is 12.0 Å². The summed E-state index contributed by atoms with van der Waals surface area (Å²) in [6.45, 7) is 7.23. The van der Waals surface area contributed by atoms with E-state index in [4.69, 9.17) is 4.74 Å². The van der Waals surface area contributed by atoms with Crippen LogP contribution in [0.15, 0.2) is 30.3 Å². The van der Waals surface area contributed by atoms with Gasteiger partial charge in [0.1, 0.15) is 5.69 Å². The van der Waals surface area contributed by atoms with Crippen molar-refractivity contribution < 1.29 is 19.1 Å². The standard InChI is InChI=1S/C24H33N5O4/c1-4-27(14-10-22(30)25-11-15-33-3)23(31)20-16-21-24(32)28(12-5-13-29(21)26-20)17-19-8-6-18(2)7-9-19/h6-9,16H,4-5,10-15,17H2,1-3H3,(H,25,30). The fraction of sp³-hybridized carbons (Fsp3) is 0.500. The van der Waals surface area contributed by atoms with Crippen molar-refractivity contribution in [1.29, 1.82) is 0 Å². The van der Waals surface area contributed by atoms with E-state index in [-0.39, 0.29) is 36.4 Å².